The van der Waals surface area contributed by atoms with Crippen molar-refractivity contribution in [3.8, 4) is 0 Å². The molecule has 0 bridgehead atoms. The van der Waals surface area contributed by atoms with Crippen LogP contribution in [0.4, 0.5) is 17.5 Å². The SMILES string of the molecule is Cc1cc(Nc2c(C)cccc2C)nc(N)n1. The van der Waals surface area contributed by atoms with Crippen LogP contribution in [0.3, 0.4) is 0 Å². The molecule has 0 aliphatic rings. The number of anilines is 3. The summed E-state index contributed by atoms with van der Waals surface area (Å²) in [5, 5.41) is 3.29. The van der Waals surface area contributed by atoms with Gasteiger partial charge in [-0.1, -0.05) is 18.2 Å². The quantitative estimate of drug-likeness (QED) is 0.829. The number of nitrogens with two attached hydrogens (primary N) is 1. The topological polar surface area (TPSA) is 63.8 Å². The lowest BCUT2D eigenvalue weighted by Gasteiger charge is -2.12. The molecule has 0 unspecified atom stereocenters. The molecule has 88 valence electrons. The molecule has 4 heteroatoms. The Hall–Kier alpha value is -2.10. The van der Waals surface area contributed by atoms with E-state index in [0.717, 1.165) is 17.2 Å². The van der Waals surface area contributed by atoms with E-state index in [1.54, 1.807) is 0 Å². The van der Waals surface area contributed by atoms with Gasteiger partial charge in [0.15, 0.2) is 0 Å². The van der Waals surface area contributed by atoms with Crippen LogP contribution in [0.5, 0.6) is 0 Å². The Kier molecular flexibility index (Phi) is 2.95. The van der Waals surface area contributed by atoms with Gasteiger partial charge in [0.1, 0.15) is 5.82 Å². The third kappa shape index (κ3) is 2.53. The number of nitrogens with one attached hydrogen (secondary N) is 1. The molecule has 1 aromatic carbocycles. The first-order valence-corrected chi connectivity index (χ1v) is 5.50. The molecule has 3 N–H and O–H groups in total. The van der Waals surface area contributed by atoms with E-state index < -0.39 is 0 Å². The minimum Gasteiger partial charge on any atom is -0.368 e. The summed E-state index contributed by atoms with van der Waals surface area (Å²) in [5.74, 6) is 1.02. The van der Waals surface area contributed by atoms with Crippen LogP contribution in [0.1, 0.15) is 16.8 Å². The number of benzene rings is 1. The highest BCUT2D eigenvalue weighted by Gasteiger charge is 2.04. The largest absolute Gasteiger partial charge is 0.368 e. The summed E-state index contributed by atoms with van der Waals surface area (Å²) in [4.78, 5) is 8.21. The Balaban J connectivity index is 2.38. The van der Waals surface area contributed by atoms with Crippen molar-refractivity contribution < 1.29 is 0 Å². The fraction of sp³-hybridized carbons (Fsp3) is 0.231. The molecule has 1 aromatic heterocycles. The number of aryl methyl sites for hydroxylation is 3. The van der Waals surface area contributed by atoms with Gasteiger partial charge in [0.2, 0.25) is 5.95 Å². The molecule has 0 aliphatic carbocycles. The predicted molar refractivity (Wildman–Crippen MR) is 70.4 cm³/mol. The minimum absolute atomic E-state index is 0.290. The van der Waals surface area contributed by atoms with Gasteiger partial charge >= 0.3 is 0 Å². The van der Waals surface area contributed by atoms with Crippen molar-refractivity contribution in [3.05, 3.63) is 41.1 Å². The molecule has 4 nitrogen and oxygen atoms in total. The number of para-hydroxylation sites is 1. The summed E-state index contributed by atoms with van der Waals surface area (Å²) >= 11 is 0. The van der Waals surface area contributed by atoms with Gasteiger partial charge in [-0.15, -0.1) is 0 Å². The smallest absolute Gasteiger partial charge is 0.222 e. The fourth-order valence-corrected chi connectivity index (χ4v) is 1.80. The number of hydrogen-bond donors (Lipinski definition) is 2. The second-order valence-electron chi connectivity index (χ2n) is 4.14. The summed E-state index contributed by atoms with van der Waals surface area (Å²) in [6.45, 7) is 6.02. The zero-order valence-corrected chi connectivity index (χ0v) is 10.3. The first-order chi connectivity index (χ1) is 8.06. The molecular formula is C13H16N4. The molecule has 1 heterocycles. The summed E-state index contributed by atoms with van der Waals surface area (Å²) in [6, 6.07) is 8.04. The number of nitrogen functional groups attached to an aromatic ring is 1. The molecule has 0 fully saturated rings. The first kappa shape index (κ1) is 11.4. The van der Waals surface area contributed by atoms with E-state index >= 15 is 0 Å². The molecule has 0 spiro atoms. The third-order valence-corrected chi connectivity index (χ3v) is 2.61. The standard InChI is InChI=1S/C13H16N4/c1-8-5-4-6-9(2)12(8)16-11-7-10(3)15-13(14)17-11/h4-7H,1-3H3,(H3,14,15,16,17). The normalized spacial score (nSPS) is 10.3. The predicted octanol–water partition coefficient (Wildman–Crippen LogP) is 2.73. The van der Waals surface area contributed by atoms with Crippen LogP contribution in [0.2, 0.25) is 0 Å². The molecule has 0 amide bonds. The van der Waals surface area contributed by atoms with E-state index in [-0.39, 0.29) is 0 Å². The number of hydrogen-bond acceptors (Lipinski definition) is 4. The zero-order chi connectivity index (χ0) is 12.4. The van der Waals surface area contributed by atoms with E-state index in [4.69, 9.17) is 5.73 Å². The lowest BCUT2D eigenvalue weighted by atomic mass is 10.1. The molecule has 17 heavy (non-hydrogen) atoms. The Morgan fingerprint density at radius 2 is 1.71 bits per heavy atom. The number of rotatable bonds is 2. The van der Waals surface area contributed by atoms with Crippen molar-refractivity contribution >= 4 is 17.5 Å². The van der Waals surface area contributed by atoms with E-state index in [0.29, 0.717) is 5.95 Å². The van der Waals surface area contributed by atoms with Crippen molar-refractivity contribution in [2.75, 3.05) is 11.1 Å². The van der Waals surface area contributed by atoms with Crippen molar-refractivity contribution in [1.82, 2.24) is 9.97 Å². The Bertz CT molecular complexity index is 509. The molecule has 0 atom stereocenters. The van der Waals surface area contributed by atoms with E-state index in [9.17, 15) is 0 Å². The van der Waals surface area contributed by atoms with Gasteiger partial charge in [-0.2, -0.15) is 4.98 Å². The zero-order valence-electron chi connectivity index (χ0n) is 10.3. The monoisotopic (exact) mass is 228 g/mol. The van der Waals surface area contributed by atoms with Gasteiger partial charge in [0, 0.05) is 17.4 Å². The van der Waals surface area contributed by atoms with Crippen LogP contribution >= 0.6 is 0 Å². The highest BCUT2D eigenvalue weighted by atomic mass is 15.1. The highest BCUT2D eigenvalue weighted by molar-refractivity contribution is 5.64. The van der Waals surface area contributed by atoms with Gasteiger partial charge in [0.05, 0.1) is 0 Å². The fourth-order valence-electron chi connectivity index (χ4n) is 1.80. The van der Waals surface area contributed by atoms with Crippen LogP contribution in [-0.4, -0.2) is 9.97 Å². The van der Waals surface area contributed by atoms with Gasteiger partial charge in [-0.05, 0) is 31.9 Å². The van der Waals surface area contributed by atoms with Crippen molar-refractivity contribution in [1.29, 1.82) is 0 Å². The van der Waals surface area contributed by atoms with Gasteiger partial charge in [0.25, 0.3) is 0 Å². The second kappa shape index (κ2) is 4.41. The first-order valence-electron chi connectivity index (χ1n) is 5.50. The summed E-state index contributed by atoms with van der Waals surface area (Å²) < 4.78 is 0. The molecule has 0 saturated carbocycles. The maximum absolute atomic E-state index is 5.63. The summed E-state index contributed by atoms with van der Waals surface area (Å²) in [6.07, 6.45) is 0. The maximum atomic E-state index is 5.63. The van der Waals surface area contributed by atoms with Crippen molar-refractivity contribution in [2.24, 2.45) is 0 Å². The van der Waals surface area contributed by atoms with Gasteiger partial charge in [-0.25, -0.2) is 4.98 Å². The van der Waals surface area contributed by atoms with Crippen LogP contribution in [0.15, 0.2) is 24.3 Å². The highest BCUT2D eigenvalue weighted by Crippen LogP contribution is 2.23. The van der Waals surface area contributed by atoms with Gasteiger partial charge < -0.3 is 11.1 Å². The van der Waals surface area contributed by atoms with E-state index in [1.807, 2.05) is 19.1 Å². The minimum atomic E-state index is 0.290. The van der Waals surface area contributed by atoms with Crippen LogP contribution in [0, 0.1) is 20.8 Å². The van der Waals surface area contributed by atoms with E-state index in [1.165, 1.54) is 11.1 Å². The Labute approximate surface area is 101 Å². The Morgan fingerprint density at radius 3 is 2.29 bits per heavy atom. The van der Waals surface area contributed by atoms with Gasteiger partial charge in [-0.3, -0.25) is 0 Å². The molecule has 2 rings (SSSR count). The Morgan fingerprint density at radius 1 is 1.06 bits per heavy atom. The maximum Gasteiger partial charge on any atom is 0.222 e. The summed E-state index contributed by atoms with van der Waals surface area (Å²) in [7, 11) is 0. The van der Waals surface area contributed by atoms with Crippen LogP contribution in [0.25, 0.3) is 0 Å². The molecular weight excluding hydrogens is 212 g/mol. The average molecular weight is 228 g/mol. The van der Waals surface area contributed by atoms with Crippen molar-refractivity contribution in [3.63, 3.8) is 0 Å². The number of nitrogens with zero attached hydrogens (tertiary/aromatic N) is 2. The number of aromatic nitrogens is 2. The van der Waals surface area contributed by atoms with Crippen LogP contribution < -0.4 is 11.1 Å². The summed E-state index contributed by atoms with van der Waals surface area (Å²) in [5.41, 5.74) is 9.91. The van der Waals surface area contributed by atoms with Crippen molar-refractivity contribution in [2.45, 2.75) is 20.8 Å². The van der Waals surface area contributed by atoms with Crippen LogP contribution in [-0.2, 0) is 0 Å². The third-order valence-electron chi connectivity index (χ3n) is 2.61. The molecule has 2 aromatic rings. The lowest BCUT2D eigenvalue weighted by molar-refractivity contribution is 1.12. The average Bonchev–Trinajstić information content (AvgIpc) is 2.22. The molecule has 0 radical (unpaired) electrons. The molecule has 0 saturated heterocycles. The van der Waals surface area contributed by atoms with E-state index in [2.05, 4.69) is 41.3 Å². The molecule has 0 aliphatic heterocycles. The second-order valence-corrected chi connectivity index (χ2v) is 4.14. The lowest BCUT2D eigenvalue weighted by Crippen LogP contribution is -2.03.